The number of nitrogens with one attached hydrogen (secondary N) is 1. The van der Waals surface area contributed by atoms with Crippen molar-refractivity contribution in [1.82, 2.24) is 10.2 Å². The minimum absolute atomic E-state index is 0.0321. The molecule has 21 heavy (non-hydrogen) atoms. The molecule has 0 spiro atoms. The minimum atomic E-state index is -0.651. The third kappa shape index (κ3) is 2.15. The van der Waals surface area contributed by atoms with E-state index in [4.69, 9.17) is 18.9 Å². The van der Waals surface area contributed by atoms with E-state index >= 15 is 0 Å². The summed E-state index contributed by atoms with van der Waals surface area (Å²) in [6.45, 7) is 5.81. The number of fused-ring (bicyclic) bond motifs is 2. The fourth-order valence-electron chi connectivity index (χ4n) is 3.24. The van der Waals surface area contributed by atoms with Crippen LogP contribution >= 0.6 is 0 Å². The Hall–Kier alpha value is -1.15. The Morgan fingerprint density at radius 2 is 2.05 bits per heavy atom. The van der Waals surface area contributed by atoms with Crippen molar-refractivity contribution < 1.29 is 23.7 Å². The molecule has 4 aliphatic heterocycles. The van der Waals surface area contributed by atoms with Crippen LogP contribution in [0.3, 0.4) is 0 Å². The van der Waals surface area contributed by atoms with E-state index in [1.54, 1.807) is 11.1 Å². The topological polar surface area (TPSA) is 72.6 Å². The summed E-state index contributed by atoms with van der Waals surface area (Å²) >= 11 is 0. The van der Waals surface area contributed by atoms with Gasteiger partial charge >= 0.3 is 6.03 Å². The van der Waals surface area contributed by atoms with E-state index in [1.165, 1.54) is 0 Å². The first-order valence-corrected chi connectivity index (χ1v) is 7.42. The summed E-state index contributed by atoms with van der Waals surface area (Å²) in [5.74, 6) is -0.651. The number of epoxide rings is 1. The monoisotopic (exact) mass is 296 g/mol. The van der Waals surface area contributed by atoms with Crippen LogP contribution < -0.4 is 5.32 Å². The summed E-state index contributed by atoms with van der Waals surface area (Å²) in [5.41, 5.74) is 0. The van der Waals surface area contributed by atoms with Crippen LogP contribution in [0.2, 0.25) is 0 Å². The van der Waals surface area contributed by atoms with E-state index in [2.05, 4.69) is 5.32 Å². The van der Waals surface area contributed by atoms with Crippen LogP contribution in [-0.4, -0.2) is 53.6 Å². The van der Waals surface area contributed by atoms with Gasteiger partial charge in [-0.15, -0.1) is 0 Å². The fraction of sp³-hybridized carbons (Fsp3) is 0.786. The van der Waals surface area contributed by atoms with Crippen molar-refractivity contribution in [3.05, 3.63) is 12.3 Å². The molecule has 0 aromatic carbocycles. The molecule has 0 aromatic heterocycles. The lowest BCUT2D eigenvalue weighted by Gasteiger charge is -2.29. The van der Waals surface area contributed by atoms with Gasteiger partial charge in [0.15, 0.2) is 18.2 Å². The van der Waals surface area contributed by atoms with Gasteiger partial charge in [0.05, 0.1) is 6.10 Å². The van der Waals surface area contributed by atoms with Crippen LogP contribution in [0.25, 0.3) is 0 Å². The molecular formula is C14H20N2O5. The molecule has 4 rings (SSSR count). The smallest absolute Gasteiger partial charge is 0.325 e. The van der Waals surface area contributed by atoms with E-state index in [9.17, 15) is 4.79 Å². The molecule has 1 N–H and O–H groups in total. The Balaban J connectivity index is 1.59. The zero-order chi connectivity index (χ0) is 14.8. The average Bonchev–Trinajstić information content (AvgIpc) is 2.99. The zero-order valence-electron chi connectivity index (χ0n) is 12.3. The highest BCUT2D eigenvalue weighted by Crippen LogP contribution is 2.41. The molecule has 3 saturated heterocycles. The van der Waals surface area contributed by atoms with Gasteiger partial charge in [-0.1, -0.05) is 6.92 Å². The number of hydrogen-bond donors (Lipinski definition) is 1. The quantitative estimate of drug-likeness (QED) is 0.767. The van der Waals surface area contributed by atoms with Gasteiger partial charge in [0.1, 0.15) is 18.3 Å². The Labute approximate surface area is 123 Å². The zero-order valence-corrected chi connectivity index (χ0v) is 12.3. The van der Waals surface area contributed by atoms with E-state index in [0.29, 0.717) is 0 Å². The molecule has 4 heterocycles. The third-order valence-corrected chi connectivity index (χ3v) is 4.26. The first-order chi connectivity index (χ1) is 9.98. The van der Waals surface area contributed by atoms with Crippen LogP contribution in [0, 0.1) is 0 Å². The van der Waals surface area contributed by atoms with E-state index < -0.39 is 12.0 Å². The Morgan fingerprint density at radius 3 is 2.81 bits per heavy atom. The van der Waals surface area contributed by atoms with Crippen LogP contribution in [0.1, 0.15) is 27.2 Å². The second-order valence-corrected chi connectivity index (χ2v) is 6.26. The van der Waals surface area contributed by atoms with Gasteiger partial charge in [0, 0.05) is 6.20 Å². The lowest BCUT2D eigenvalue weighted by atomic mass is 10.1. The first-order valence-electron chi connectivity index (χ1n) is 7.42. The van der Waals surface area contributed by atoms with Gasteiger partial charge in [-0.05, 0) is 26.3 Å². The van der Waals surface area contributed by atoms with Gasteiger partial charge in [0.25, 0.3) is 0 Å². The van der Waals surface area contributed by atoms with Gasteiger partial charge < -0.3 is 24.3 Å². The summed E-state index contributed by atoms with van der Waals surface area (Å²) < 4.78 is 23.2. The second-order valence-electron chi connectivity index (χ2n) is 6.26. The van der Waals surface area contributed by atoms with Crippen molar-refractivity contribution in [3.8, 4) is 0 Å². The molecule has 7 nitrogen and oxygen atoms in total. The Morgan fingerprint density at radius 1 is 1.29 bits per heavy atom. The van der Waals surface area contributed by atoms with Crippen LogP contribution in [0.4, 0.5) is 4.79 Å². The summed E-state index contributed by atoms with van der Waals surface area (Å²) in [6.07, 6.45) is 3.17. The van der Waals surface area contributed by atoms with Crippen molar-refractivity contribution in [1.29, 1.82) is 0 Å². The third-order valence-electron chi connectivity index (χ3n) is 4.26. The molecule has 7 heteroatoms. The number of nitrogens with zero attached hydrogens (tertiary/aromatic N) is 1. The van der Waals surface area contributed by atoms with Crippen LogP contribution in [-0.2, 0) is 18.9 Å². The predicted molar refractivity (Wildman–Crippen MR) is 70.9 cm³/mol. The number of carbonyl (C=O) groups excluding carboxylic acids is 1. The van der Waals surface area contributed by atoms with Crippen molar-refractivity contribution in [3.63, 3.8) is 0 Å². The standard InChI is InChI=1S/C14H20N2O5/c1-4-7-9-10(21-14(2,3)20-9)12(19-7)16-6-5-8-11(18-8)15-13(16)17/h5-12H,4H2,1-3H3,(H,15,17)/t7-,8?,9-,10-,11?,12-/m1/s1. The van der Waals surface area contributed by atoms with Crippen molar-refractivity contribution >= 4 is 6.03 Å². The largest absolute Gasteiger partial charge is 0.349 e. The average molecular weight is 296 g/mol. The van der Waals surface area contributed by atoms with Gasteiger partial charge in [0.2, 0.25) is 0 Å². The Kier molecular flexibility index (Phi) is 2.85. The number of carbonyl (C=O) groups is 1. The number of urea groups is 1. The predicted octanol–water partition coefficient (Wildman–Crippen LogP) is 0.905. The molecule has 6 atom stereocenters. The highest BCUT2D eigenvalue weighted by atomic mass is 16.8. The van der Waals surface area contributed by atoms with E-state index in [0.717, 1.165) is 6.42 Å². The maximum Gasteiger partial charge on any atom is 0.325 e. The van der Waals surface area contributed by atoms with Crippen LogP contribution in [0.15, 0.2) is 12.3 Å². The van der Waals surface area contributed by atoms with Crippen LogP contribution in [0.5, 0.6) is 0 Å². The molecular weight excluding hydrogens is 276 g/mol. The maximum atomic E-state index is 12.3. The summed E-state index contributed by atoms with van der Waals surface area (Å²) in [7, 11) is 0. The lowest BCUT2D eigenvalue weighted by Crippen LogP contribution is -2.48. The Bertz CT molecular complexity index is 494. The summed E-state index contributed by atoms with van der Waals surface area (Å²) in [4.78, 5) is 13.8. The van der Waals surface area contributed by atoms with Gasteiger partial charge in [-0.3, -0.25) is 4.90 Å². The molecule has 0 radical (unpaired) electrons. The number of rotatable bonds is 2. The van der Waals surface area contributed by atoms with Crippen molar-refractivity contribution in [2.75, 3.05) is 0 Å². The SMILES string of the molecule is CC[C@H]1O[C@@H](N2C=CC3OC3NC2=O)[C@@H]2OC(C)(C)O[C@@H]21. The van der Waals surface area contributed by atoms with E-state index in [-0.39, 0.29) is 36.7 Å². The molecule has 4 aliphatic rings. The number of amides is 2. The first kappa shape index (κ1) is 13.5. The summed E-state index contributed by atoms with van der Waals surface area (Å²) in [5, 5.41) is 2.80. The lowest BCUT2D eigenvalue weighted by molar-refractivity contribution is -0.198. The summed E-state index contributed by atoms with van der Waals surface area (Å²) in [6, 6.07) is -0.231. The molecule has 2 unspecified atom stereocenters. The highest BCUT2D eigenvalue weighted by molar-refractivity contribution is 5.77. The molecule has 0 aliphatic carbocycles. The molecule has 116 valence electrons. The minimum Gasteiger partial charge on any atom is -0.349 e. The molecule has 0 saturated carbocycles. The fourth-order valence-corrected chi connectivity index (χ4v) is 3.24. The molecule has 0 aromatic rings. The van der Waals surface area contributed by atoms with Gasteiger partial charge in [-0.2, -0.15) is 0 Å². The number of ether oxygens (including phenoxy) is 4. The van der Waals surface area contributed by atoms with Crippen molar-refractivity contribution in [2.24, 2.45) is 0 Å². The van der Waals surface area contributed by atoms with Crippen molar-refractivity contribution in [2.45, 2.75) is 69.9 Å². The molecule has 2 amide bonds. The maximum absolute atomic E-state index is 12.3. The normalized spacial score (nSPS) is 46.8. The highest BCUT2D eigenvalue weighted by Gasteiger charge is 2.57. The molecule has 3 fully saturated rings. The number of hydrogen-bond acceptors (Lipinski definition) is 5. The van der Waals surface area contributed by atoms with Gasteiger partial charge in [-0.25, -0.2) is 4.79 Å². The molecule has 0 bridgehead atoms. The van der Waals surface area contributed by atoms with E-state index in [1.807, 2.05) is 26.8 Å². The second kappa shape index (κ2) is 4.42.